The Labute approximate surface area is 108 Å². The van der Waals surface area contributed by atoms with Gasteiger partial charge in [0, 0.05) is 6.54 Å². The lowest BCUT2D eigenvalue weighted by molar-refractivity contribution is 0.190. The van der Waals surface area contributed by atoms with E-state index in [1.165, 1.54) is 19.1 Å². The van der Waals surface area contributed by atoms with Crippen LogP contribution in [-0.2, 0) is 15.5 Å². The highest BCUT2D eigenvalue weighted by Crippen LogP contribution is 2.27. The Morgan fingerprint density at radius 2 is 2.00 bits per heavy atom. The first kappa shape index (κ1) is 15.1. The van der Waals surface area contributed by atoms with E-state index in [2.05, 4.69) is 5.32 Å². The summed E-state index contributed by atoms with van der Waals surface area (Å²) in [5.74, 6) is 0. The largest absolute Gasteiger partial charge is 0.316 e. The van der Waals surface area contributed by atoms with Crippen LogP contribution in [0.2, 0.25) is 0 Å². The SMILES string of the molecule is CNCC(C)(F)c1cccc(S(=O)(=O)C(C)C)c1. The highest BCUT2D eigenvalue weighted by Gasteiger charge is 2.27. The minimum absolute atomic E-state index is 0.137. The molecule has 1 atom stereocenters. The molecule has 102 valence electrons. The molecule has 0 aliphatic heterocycles. The fourth-order valence-electron chi connectivity index (χ4n) is 1.70. The Kier molecular flexibility index (Phi) is 4.50. The van der Waals surface area contributed by atoms with Crippen molar-refractivity contribution in [2.24, 2.45) is 0 Å². The summed E-state index contributed by atoms with van der Waals surface area (Å²) >= 11 is 0. The number of sulfone groups is 1. The third-order valence-corrected chi connectivity index (χ3v) is 5.05. The molecule has 0 radical (unpaired) electrons. The fraction of sp³-hybridized carbons (Fsp3) is 0.538. The quantitative estimate of drug-likeness (QED) is 0.895. The van der Waals surface area contributed by atoms with Gasteiger partial charge in [-0.1, -0.05) is 12.1 Å². The summed E-state index contributed by atoms with van der Waals surface area (Å²) in [5, 5.41) is 2.25. The average molecular weight is 273 g/mol. The van der Waals surface area contributed by atoms with Crippen LogP contribution in [0.4, 0.5) is 4.39 Å². The zero-order chi connectivity index (χ0) is 14.0. The second-order valence-corrected chi connectivity index (χ2v) is 7.35. The van der Waals surface area contributed by atoms with E-state index in [1.807, 2.05) is 0 Å². The maximum Gasteiger partial charge on any atom is 0.180 e. The standard InChI is InChI=1S/C13H20FNO2S/c1-10(2)18(16,17)12-7-5-6-11(8-12)13(3,14)9-15-4/h5-8,10,15H,9H2,1-4H3. The van der Waals surface area contributed by atoms with Crippen LogP contribution >= 0.6 is 0 Å². The van der Waals surface area contributed by atoms with E-state index in [4.69, 9.17) is 0 Å². The first-order chi connectivity index (χ1) is 8.21. The molecule has 0 bridgehead atoms. The van der Waals surface area contributed by atoms with Gasteiger partial charge in [-0.15, -0.1) is 0 Å². The van der Waals surface area contributed by atoms with Crippen LogP contribution in [0.1, 0.15) is 26.3 Å². The van der Waals surface area contributed by atoms with Crippen molar-refractivity contribution in [1.82, 2.24) is 5.32 Å². The van der Waals surface area contributed by atoms with Crippen molar-refractivity contribution in [2.45, 2.75) is 36.6 Å². The molecule has 1 aromatic rings. The summed E-state index contributed by atoms with van der Waals surface area (Å²) in [5.41, 5.74) is -1.21. The molecule has 0 aliphatic carbocycles. The molecule has 0 heterocycles. The van der Waals surface area contributed by atoms with Gasteiger partial charge in [-0.2, -0.15) is 0 Å². The van der Waals surface area contributed by atoms with Gasteiger partial charge < -0.3 is 5.32 Å². The maximum atomic E-state index is 14.3. The van der Waals surface area contributed by atoms with Crippen LogP contribution in [0.15, 0.2) is 29.2 Å². The highest BCUT2D eigenvalue weighted by molar-refractivity contribution is 7.92. The summed E-state index contributed by atoms with van der Waals surface area (Å²) in [6, 6.07) is 6.12. The van der Waals surface area contributed by atoms with Gasteiger partial charge >= 0.3 is 0 Å². The molecule has 0 amide bonds. The fourth-order valence-corrected chi connectivity index (χ4v) is 2.81. The van der Waals surface area contributed by atoms with E-state index in [-0.39, 0.29) is 11.4 Å². The Balaban J connectivity index is 3.23. The number of nitrogens with one attached hydrogen (secondary N) is 1. The van der Waals surface area contributed by atoms with Crippen LogP contribution in [-0.4, -0.2) is 27.3 Å². The molecular formula is C13H20FNO2S. The molecule has 0 aromatic heterocycles. The molecule has 0 aliphatic rings. The predicted molar refractivity (Wildman–Crippen MR) is 71.2 cm³/mol. The van der Waals surface area contributed by atoms with Gasteiger partial charge in [0.25, 0.3) is 0 Å². The van der Waals surface area contributed by atoms with E-state index in [9.17, 15) is 12.8 Å². The molecule has 1 aromatic carbocycles. The van der Waals surface area contributed by atoms with Gasteiger partial charge in [-0.05, 0) is 45.5 Å². The van der Waals surface area contributed by atoms with Gasteiger partial charge in [0.05, 0.1) is 10.1 Å². The Hall–Kier alpha value is -0.940. The van der Waals surface area contributed by atoms with Gasteiger partial charge in [-0.25, -0.2) is 12.8 Å². The Bertz CT molecular complexity index is 509. The lowest BCUT2D eigenvalue weighted by Gasteiger charge is -2.21. The van der Waals surface area contributed by atoms with E-state index in [0.717, 1.165) is 0 Å². The Morgan fingerprint density at radius 1 is 1.39 bits per heavy atom. The molecule has 1 rings (SSSR count). The van der Waals surface area contributed by atoms with Crippen molar-refractivity contribution in [3.63, 3.8) is 0 Å². The van der Waals surface area contributed by atoms with Crippen molar-refractivity contribution < 1.29 is 12.8 Å². The topological polar surface area (TPSA) is 46.2 Å². The molecule has 1 N–H and O–H groups in total. The molecule has 5 heteroatoms. The van der Waals surface area contributed by atoms with E-state index >= 15 is 0 Å². The van der Waals surface area contributed by atoms with E-state index in [0.29, 0.717) is 5.56 Å². The van der Waals surface area contributed by atoms with Crippen LogP contribution in [0, 0.1) is 0 Å². The van der Waals surface area contributed by atoms with Crippen LogP contribution in [0.3, 0.4) is 0 Å². The van der Waals surface area contributed by atoms with Crippen molar-refractivity contribution in [1.29, 1.82) is 0 Å². The number of hydrogen-bond acceptors (Lipinski definition) is 3. The zero-order valence-electron chi connectivity index (χ0n) is 11.2. The number of hydrogen-bond donors (Lipinski definition) is 1. The average Bonchev–Trinajstić information content (AvgIpc) is 2.29. The molecule has 1 unspecified atom stereocenters. The summed E-state index contributed by atoms with van der Waals surface area (Å²) in [6.45, 7) is 4.80. The summed E-state index contributed by atoms with van der Waals surface area (Å²) in [7, 11) is -1.70. The van der Waals surface area contributed by atoms with Crippen LogP contribution < -0.4 is 5.32 Å². The van der Waals surface area contributed by atoms with E-state index < -0.39 is 20.8 Å². The number of rotatable bonds is 5. The van der Waals surface area contributed by atoms with Gasteiger partial charge in [-0.3, -0.25) is 0 Å². The molecule has 0 saturated carbocycles. The molecule has 0 saturated heterocycles. The first-order valence-corrected chi connectivity index (χ1v) is 7.44. The second-order valence-electron chi connectivity index (χ2n) is 4.85. The first-order valence-electron chi connectivity index (χ1n) is 5.90. The van der Waals surface area contributed by atoms with Crippen LogP contribution in [0.5, 0.6) is 0 Å². The molecular weight excluding hydrogens is 253 g/mol. The highest BCUT2D eigenvalue weighted by atomic mass is 32.2. The zero-order valence-corrected chi connectivity index (χ0v) is 12.0. The van der Waals surface area contributed by atoms with Crippen molar-refractivity contribution in [2.75, 3.05) is 13.6 Å². The van der Waals surface area contributed by atoms with E-state index in [1.54, 1.807) is 33.0 Å². The van der Waals surface area contributed by atoms with Gasteiger partial charge in [0.15, 0.2) is 9.84 Å². The summed E-state index contributed by atoms with van der Waals surface area (Å²) in [4.78, 5) is 0.176. The lowest BCUT2D eigenvalue weighted by Crippen LogP contribution is -2.29. The Morgan fingerprint density at radius 3 is 2.50 bits per heavy atom. The molecule has 18 heavy (non-hydrogen) atoms. The normalized spacial score (nSPS) is 15.7. The summed E-state index contributed by atoms with van der Waals surface area (Å²) in [6.07, 6.45) is 0. The van der Waals surface area contributed by atoms with Crippen molar-refractivity contribution >= 4 is 9.84 Å². The number of benzene rings is 1. The van der Waals surface area contributed by atoms with Crippen molar-refractivity contribution in [3.05, 3.63) is 29.8 Å². The number of halogens is 1. The third-order valence-electron chi connectivity index (χ3n) is 2.89. The lowest BCUT2D eigenvalue weighted by atomic mass is 9.98. The van der Waals surface area contributed by atoms with Gasteiger partial charge in [0.2, 0.25) is 0 Å². The van der Waals surface area contributed by atoms with Crippen molar-refractivity contribution in [3.8, 4) is 0 Å². The number of alkyl halides is 1. The smallest absolute Gasteiger partial charge is 0.180 e. The monoisotopic (exact) mass is 273 g/mol. The minimum Gasteiger partial charge on any atom is -0.316 e. The maximum absolute atomic E-state index is 14.3. The summed E-state index contributed by atoms with van der Waals surface area (Å²) < 4.78 is 38.4. The predicted octanol–water partition coefficient (Wildman–Crippen LogP) is 2.27. The second kappa shape index (κ2) is 5.36. The van der Waals surface area contributed by atoms with Crippen LogP contribution in [0.25, 0.3) is 0 Å². The molecule has 0 spiro atoms. The number of likely N-dealkylation sites (N-methyl/N-ethyl adjacent to an activating group) is 1. The minimum atomic E-state index is -3.36. The molecule has 3 nitrogen and oxygen atoms in total. The molecule has 0 fully saturated rings. The van der Waals surface area contributed by atoms with Gasteiger partial charge in [0.1, 0.15) is 5.67 Å². The third kappa shape index (κ3) is 3.09.